The van der Waals surface area contributed by atoms with Crippen LogP contribution in [-0.2, 0) is 0 Å². The molecule has 2 atom stereocenters. The van der Waals surface area contributed by atoms with Crippen LogP contribution in [-0.4, -0.2) is 21.2 Å². The summed E-state index contributed by atoms with van der Waals surface area (Å²) in [6.07, 6.45) is 2.53. The molecule has 6 heteroatoms. The van der Waals surface area contributed by atoms with E-state index in [0.717, 1.165) is 18.4 Å². The third-order valence-electron chi connectivity index (χ3n) is 4.45. The molecule has 0 spiro atoms. The summed E-state index contributed by atoms with van der Waals surface area (Å²) < 4.78 is 1.70. The molecule has 0 unspecified atom stereocenters. The van der Waals surface area contributed by atoms with Gasteiger partial charge in [-0.2, -0.15) is 0 Å². The van der Waals surface area contributed by atoms with Crippen molar-refractivity contribution in [3.8, 4) is 11.8 Å². The van der Waals surface area contributed by atoms with E-state index in [1.807, 2.05) is 12.1 Å². The molecule has 4 nitrogen and oxygen atoms in total. The van der Waals surface area contributed by atoms with Crippen LogP contribution in [0.15, 0.2) is 36.4 Å². The summed E-state index contributed by atoms with van der Waals surface area (Å²) in [6, 6.07) is 10.3. The first kappa shape index (κ1) is 17.9. The summed E-state index contributed by atoms with van der Waals surface area (Å²) in [5.41, 5.74) is 5.38. The fourth-order valence-electron chi connectivity index (χ4n) is 3.31. The number of hydrogen-bond acceptors (Lipinski definition) is 2. The molecule has 1 saturated carbocycles. The predicted octanol–water partition coefficient (Wildman–Crippen LogP) is 3.79. The van der Waals surface area contributed by atoms with Gasteiger partial charge in [-0.05, 0) is 49.6 Å². The quantitative estimate of drug-likeness (QED) is 0.782. The number of carbonyl (C=O) groups excluding carboxylic acids is 1. The lowest BCUT2D eigenvalue weighted by Crippen LogP contribution is -2.36. The van der Waals surface area contributed by atoms with Gasteiger partial charge in [-0.15, -0.1) is 0 Å². The number of rotatable bonds is 2. The first-order chi connectivity index (χ1) is 11.9. The molecular weight excluding hydrogens is 359 g/mol. The summed E-state index contributed by atoms with van der Waals surface area (Å²) >= 11 is 12.2. The zero-order valence-corrected chi connectivity index (χ0v) is 15.0. The number of nitrogens with two attached hydrogens (primary N) is 1. The van der Waals surface area contributed by atoms with Crippen LogP contribution in [0.4, 0.5) is 0 Å². The second-order valence-corrected chi connectivity index (χ2v) is 7.14. The Morgan fingerprint density at radius 2 is 2.12 bits per heavy atom. The summed E-state index contributed by atoms with van der Waals surface area (Å²) in [5.74, 6) is 5.44. The van der Waals surface area contributed by atoms with Crippen molar-refractivity contribution < 1.29 is 9.90 Å². The predicted molar refractivity (Wildman–Crippen MR) is 98.7 cm³/mol. The molecule has 1 aromatic heterocycles. The number of halogens is 2. The molecular formula is C19H18Cl2N2O2. The smallest absolute Gasteiger partial charge is 0.265 e. The first-order valence-electron chi connectivity index (χ1n) is 8.06. The Balaban J connectivity index is 1.86. The lowest BCUT2D eigenvalue weighted by atomic mass is 9.82. The van der Waals surface area contributed by atoms with E-state index >= 15 is 0 Å². The van der Waals surface area contributed by atoms with E-state index in [2.05, 4.69) is 11.8 Å². The minimum atomic E-state index is -1.15. The van der Waals surface area contributed by atoms with Crippen LogP contribution in [0.5, 0.6) is 0 Å². The van der Waals surface area contributed by atoms with Crippen molar-refractivity contribution in [2.75, 3.05) is 0 Å². The second-order valence-electron chi connectivity index (χ2n) is 6.32. The number of amides is 1. The van der Waals surface area contributed by atoms with Crippen LogP contribution in [0.2, 0.25) is 10.2 Å². The molecule has 1 amide bonds. The van der Waals surface area contributed by atoms with Gasteiger partial charge in [0.2, 0.25) is 0 Å². The number of hydrogen-bond donors (Lipinski definition) is 2. The Hall–Kier alpha value is -1.93. The molecule has 0 bridgehead atoms. The van der Waals surface area contributed by atoms with Crippen LogP contribution in [0.3, 0.4) is 0 Å². The number of nitrogens with zero attached hydrogens (tertiary/aromatic N) is 1. The molecule has 0 aliphatic heterocycles. The summed E-state index contributed by atoms with van der Waals surface area (Å²) in [6.45, 7) is 0. The molecule has 130 valence electrons. The fourth-order valence-corrected chi connectivity index (χ4v) is 3.79. The minimum Gasteiger partial charge on any atom is -0.378 e. The highest BCUT2D eigenvalue weighted by molar-refractivity contribution is 6.30. The molecule has 1 aliphatic carbocycles. The van der Waals surface area contributed by atoms with Gasteiger partial charge in [0.1, 0.15) is 16.4 Å². The van der Waals surface area contributed by atoms with Crippen LogP contribution in [0, 0.1) is 11.8 Å². The van der Waals surface area contributed by atoms with Gasteiger partial charge >= 0.3 is 0 Å². The molecule has 1 aromatic carbocycles. The number of benzene rings is 1. The van der Waals surface area contributed by atoms with E-state index in [1.165, 1.54) is 0 Å². The third kappa shape index (κ3) is 4.01. The van der Waals surface area contributed by atoms with Crippen molar-refractivity contribution in [3.05, 3.63) is 57.8 Å². The largest absolute Gasteiger partial charge is 0.378 e. The van der Waals surface area contributed by atoms with Crippen molar-refractivity contribution in [1.29, 1.82) is 0 Å². The van der Waals surface area contributed by atoms with E-state index in [-0.39, 0.29) is 6.04 Å². The maximum atomic E-state index is 11.6. The topological polar surface area (TPSA) is 68.2 Å². The highest BCUT2D eigenvalue weighted by Gasteiger charge is 2.35. The van der Waals surface area contributed by atoms with Crippen molar-refractivity contribution in [2.45, 2.75) is 37.3 Å². The monoisotopic (exact) mass is 376 g/mol. The van der Waals surface area contributed by atoms with Crippen LogP contribution in [0.1, 0.15) is 47.8 Å². The van der Waals surface area contributed by atoms with Crippen LogP contribution < -0.4 is 5.73 Å². The van der Waals surface area contributed by atoms with Crippen molar-refractivity contribution in [1.82, 2.24) is 4.57 Å². The van der Waals surface area contributed by atoms with Crippen LogP contribution in [0.25, 0.3) is 0 Å². The molecule has 0 saturated heterocycles. The number of primary amides is 1. The normalized spacial score (nSPS) is 22.9. The Bertz CT molecular complexity index is 866. The lowest BCUT2D eigenvalue weighted by Gasteiger charge is -2.34. The third-order valence-corrected chi connectivity index (χ3v) is 4.99. The zero-order valence-electron chi connectivity index (χ0n) is 13.5. The number of carbonyl (C=O) groups is 1. The van der Waals surface area contributed by atoms with Gasteiger partial charge in [-0.1, -0.05) is 41.1 Å². The summed E-state index contributed by atoms with van der Waals surface area (Å²) in [4.78, 5) is 11.6. The summed E-state index contributed by atoms with van der Waals surface area (Å²) in [7, 11) is 0. The van der Waals surface area contributed by atoms with E-state index < -0.39 is 11.5 Å². The number of aliphatic hydroxyl groups is 1. The highest BCUT2D eigenvalue weighted by Crippen LogP contribution is 2.38. The first-order valence-corrected chi connectivity index (χ1v) is 8.81. The molecule has 3 N–H and O–H groups in total. The van der Waals surface area contributed by atoms with Crippen molar-refractivity contribution in [3.63, 3.8) is 0 Å². The summed E-state index contributed by atoms with van der Waals surface area (Å²) in [5, 5.41) is 12.0. The molecule has 1 aliphatic rings. The SMILES string of the molecule is NC(=O)c1ccc(Cl)n1[C@@H]1CCC[C@](O)(C#Cc2cccc(Cl)c2)C1. The van der Waals surface area contributed by atoms with Gasteiger partial charge in [0.25, 0.3) is 5.91 Å². The lowest BCUT2D eigenvalue weighted by molar-refractivity contribution is 0.0392. The van der Waals surface area contributed by atoms with Gasteiger partial charge in [0.15, 0.2) is 0 Å². The molecule has 3 rings (SSSR count). The maximum absolute atomic E-state index is 11.6. The Kier molecular flexibility index (Phi) is 5.10. The van der Waals surface area contributed by atoms with Gasteiger partial charge in [0, 0.05) is 23.0 Å². The Morgan fingerprint density at radius 1 is 1.32 bits per heavy atom. The van der Waals surface area contributed by atoms with Crippen LogP contribution >= 0.6 is 23.2 Å². The standard InChI is InChI=1S/C19H18Cl2N2O2/c20-14-4-1-3-13(11-14)8-10-19(25)9-2-5-15(12-19)23-16(18(22)24)6-7-17(23)21/h1,3-4,6-7,11,15,25H,2,5,9,12H2,(H2,22,24)/t15-,19+/m1/s1. The van der Waals surface area contributed by atoms with Gasteiger partial charge in [-0.3, -0.25) is 4.79 Å². The maximum Gasteiger partial charge on any atom is 0.265 e. The van der Waals surface area contributed by atoms with E-state index in [0.29, 0.717) is 28.7 Å². The molecule has 1 fully saturated rings. The van der Waals surface area contributed by atoms with Gasteiger partial charge in [-0.25, -0.2) is 0 Å². The highest BCUT2D eigenvalue weighted by atomic mass is 35.5. The Labute approximate surface area is 156 Å². The average Bonchev–Trinajstić information content (AvgIpc) is 2.95. The molecule has 0 radical (unpaired) electrons. The van der Waals surface area contributed by atoms with Crippen molar-refractivity contribution >= 4 is 29.1 Å². The molecule has 2 aromatic rings. The van der Waals surface area contributed by atoms with Crippen molar-refractivity contribution in [2.24, 2.45) is 5.73 Å². The Morgan fingerprint density at radius 3 is 2.84 bits per heavy atom. The van der Waals surface area contributed by atoms with E-state index in [1.54, 1.807) is 28.8 Å². The van der Waals surface area contributed by atoms with E-state index in [9.17, 15) is 9.90 Å². The van der Waals surface area contributed by atoms with Gasteiger partial charge in [0.05, 0.1) is 0 Å². The average molecular weight is 377 g/mol. The minimum absolute atomic E-state index is 0.127. The molecule has 25 heavy (non-hydrogen) atoms. The van der Waals surface area contributed by atoms with E-state index in [4.69, 9.17) is 28.9 Å². The molecule has 1 heterocycles. The number of aromatic nitrogens is 1. The fraction of sp³-hybridized carbons (Fsp3) is 0.316. The zero-order chi connectivity index (χ0) is 18.0. The second kappa shape index (κ2) is 7.13. The van der Waals surface area contributed by atoms with Gasteiger partial charge < -0.3 is 15.4 Å².